The van der Waals surface area contributed by atoms with Gasteiger partial charge >= 0.3 is 29.6 Å². The van der Waals surface area contributed by atoms with E-state index < -0.39 is 20.2 Å². The smallest absolute Gasteiger partial charge is 0.396 e. The molecule has 0 aromatic heterocycles. The molecule has 0 radical (unpaired) electrons. The molecule has 12 nitrogen and oxygen atoms in total. The normalized spacial score (nSPS) is 12.2. The predicted molar refractivity (Wildman–Crippen MR) is 177 cm³/mol. The first-order valence-corrected chi connectivity index (χ1v) is 16.4. The molecule has 47 heavy (non-hydrogen) atoms. The van der Waals surface area contributed by atoms with Crippen LogP contribution in [0.25, 0.3) is 32.7 Å². The number of anilines is 2. The molecule has 15 heteroatoms. The summed E-state index contributed by atoms with van der Waals surface area (Å²) in [5.74, 6) is 0. The van der Waals surface area contributed by atoms with Crippen molar-refractivity contribution in [1.82, 2.24) is 0 Å². The molecule has 6 rings (SSSR count). The monoisotopic (exact) mass is 675 g/mol. The Morgan fingerprint density at radius 1 is 0.468 bits per heavy atom. The molecule has 0 aliphatic rings. The molecule has 230 valence electrons. The van der Waals surface area contributed by atoms with Gasteiger partial charge in [-0.15, -0.1) is 10.2 Å². The summed E-state index contributed by atoms with van der Waals surface area (Å²) in [6.07, 6.45) is 0. The predicted octanol–water partition coefficient (Wildman–Crippen LogP) is 5.15. The van der Waals surface area contributed by atoms with E-state index in [-0.39, 0.29) is 72.9 Å². The van der Waals surface area contributed by atoms with E-state index in [2.05, 4.69) is 20.5 Å². The summed E-state index contributed by atoms with van der Waals surface area (Å²) in [6.45, 7) is 0. The summed E-state index contributed by atoms with van der Waals surface area (Å²) < 4.78 is 67.4. The van der Waals surface area contributed by atoms with Crippen LogP contribution in [0.15, 0.2) is 139 Å². The topological polar surface area (TPSA) is 210 Å². The van der Waals surface area contributed by atoms with Gasteiger partial charge in [0.05, 0.1) is 22.7 Å². The summed E-state index contributed by atoms with van der Waals surface area (Å²) in [4.78, 5) is -0.624. The van der Waals surface area contributed by atoms with E-state index in [9.17, 15) is 25.9 Å². The van der Waals surface area contributed by atoms with Crippen molar-refractivity contribution in [2.24, 2.45) is 20.5 Å². The van der Waals surface area contributed by atoms with Crippen LogP contribution < -0.4 is 41.0 Å². The van der Waals surface area contributed by atoms with E-state index in [0.717, 1.165) is 11.1 Å². The number of nitrogen functional groups attached to an aromatic ring is 2. The fraction of sp³-hybridized carbons (Fsp3) is 0. The van der Waals surface area contributed by atoms with Crippen molar-refractivity contribution in [1.29, 1.82) is 0 Å². The van der Waals surface area contributed by atoms with Crippen molar-refractivity contribution in [2.75, 3.05) is 11.5 Å². The number of rotatable bonds is 7. The van der Waals surface area contributed by atoms with Crippen LogP contribution in [0.5, 0.6) is 0 Å². The Morgan fingerprint density at radius 2 is 0.787 bits per heavy atom. The first-order chi connectivity index (χ1) is 21.9. The molecule has 0 unspecified atom stereocenters. The van der Waals surface area contributed by atoms with Crippen LogP contribution in [-0.4, -0.2) is 25.9 Å². The van der Waals surface area contributed by atoms with Gasteiger partial charge in [-0.25, -0.2) is 0 Å². The number of nitrogens with two attached hydrogens (primary N) is 2. The van der Waals surface area contributed by atoms with Crippen LogP contribution in [0.4, 0.5) is 34.1 Å². The zero-order valence-corrected chi connectivity index (χ0v) is 28.3. The number of nitrogens with zero attached hydrogens (tertiary/aromatic N) is 4. The number of benzene rings is 6. The Bertz CT molecular complexity index is 2260. The van der Waals surface area contributed by atoms with Crippen LogP contribution in [0.2, 0.25) is 0 Å². The van der Waals surface area contributed by atoms with E-state index in [0.29, 0.717) is 22.1 Å². The Balaban J connectivity index is 0.00000433. The molecule has 0 bridgehead atoms. The van der Waals surface area contributed by atoms with E-state index in [1.54, 1.807) is 72.8 Å². The van der Waals surface area contributed by atoms with Crippen LogP contribution in [0.3, 0.4) is 0 Å². The van der Waals surface area contributed by atoms with Gasteiger partial charge in [0.25, 0.3) is 20.2 Å². The molecule has 6 N–H and O–H groups in total. The van der Waals surface area contributed by atoms with Gasteiger partial charge in [-0.1, -0.05) is 72.8 Å². The summed E-state index contributed by atoms with van der Waals surface area (Å²) >= 11 is 0. The summed E-state index contributed by atoms with van der Waals surface area (Å²) in [5, 5.41) is 18.1. The molecule has 0 atom stereocenters. The fourth-order valence-corrected chi connectivity index (χ4v) is 6.39. The van der Waals surface area contributed by atoms with Gasteiger partial charge in [-0.2, -0.15) is 27.1 Å². The zero-order chi connectivity index (χ0) is 32.6. The minimum Gasteiger partial charge on any atom is -0.396 e. The van der Waals surface area contributed by atoms with Crippen molar-refractivity contribution in [2.45, 2.75) is 9.79 Å². The van der Waals surface area contributed by atoms with Gasteiger partial charge in [0.2, 0.25) is 0 Å². The first kappa shape index (κ1) is 33.8. The van der Waals surface area contributed by atoms with Crippen LogP contribution >= 0.6 is 0 Å². The molecule has 0 aliphatic carbocycles. The first-order valence-electron chi connectivity index (χ1n) is 13.5. The SMILES string of the molecule is Nc1c(N=Nc2ccc(-c3ccc(N=Nc4cc(S(=O)(=O)O)c5ccccc5c4N)cc3)cc2)cc(S(=O)(=O)O)c2ccccc12.[Na+]. The maximum absolute atomic E-state index is 12.0. The average Bonchev–Trinajstić information content (AvgIpc) is 3.04. The third-order valence-electron chi connectivity index (χ3n) is 7.22. The number of hydrogen-bond acceptors (Lipinski definition) is 10. The van der Waals surface area contributed by atoms with Gasteiger partial charge in [0.15, 0.2) is 0 Å². The molecule has 0 aliphatic heterocycles. The van der Waals surface area contributed by atoms with Gasteiger partial charge < -0.3 is 11.5 Å². The van der Waals surface area contributed by atoms with Gasteiger partial charge in [0, 0.05) is 21.5 Å². The Morgan fingerprint density at radius 3 is 1.11 bits per heavy atom. The second-order valence-electron chi connectivity index (χ2n) is 10.2. The van der Waals surface area contributed by atoms with E-state index >= 15 is 0 Å². The molecule has 0 saturated carbocycles. The Labute approximate surface area is 291 Å². The molecule has 0 saturated heterocycles. The van der Waals surface area contributed by atoms with E-state index in [1.165, 1.54) is 12.1 Å². The van der Waals surface area contributed by atoms with Crippen molar-refractivity contribution in [3.63, 3.8) is 0 Å². The summed E-state index contributed by atoms with van der Waals surface area (Å²) in [6, 6.07) is 29.6. The van der Waals surface area contributed by atoms with Gasteiger partial charge in [-0.05, 0) is 47.5 Å². The number of hydrogen-bond donors (Lipinski definition) is 4. The second-order valence-corrected chi connectivity index (χ2v) is 12.9. The van der Waals surface area contributed by atoms with Gasteiger partial charge in [0.1, 0.15) is 21.2 Å². The third-order valence-corrected chi connectivity index (χ3v) is 9.01. The summed E-state index contributed by atoms with van der Waals surface area (Å²) in [7, 11) is -9.07. The molecule has 0 spiro atoms. The van der Waals surface area contributed by atoms with Crippen LogP contribution in [0.1, 0.15) is 0 Å². The van der Waals surface area contributed by atoms with Gasteiger partial charge in [-0.3, -0.25) is 9.11 Å². The zero-order valence-electron chi connectivity index (χ0n) is 24.7. The quantitative estimate of drug-likeness (QED) is 0.0767. The van der Waals surface area contributed by atoms with Crippen LogP contribution in [0, 0.1) is 0 Å². The minimum atomic E-state index is -4.53. The Hall–Kier alpha value is -4.54. The Kier molecular flexibility index (Phi) is 9.56. The average molecular weight is 676 g/mol. The van der Waals surface area contributed by atoms with Crippen molar-refractivity contribution >= 4 is 75.9 Å². The largest absolute Gasteiger partial charge is 1.00 e. The van der Waals surface area contributed by atoms with Crippen LogP contribution in [-0.2, 0) is 20.2 Å². The number of fused-ring (bicyclic) bond motifs is 2. The summed E-state index contributed by atoms with van der Waals surface area (Å²) in [5.41, 5.74) is 15.8. The second kappa shape index (κ2) is 13.3. The number of azo groups is 2. The fourth-order valence-electron chi connectivity index (χ4n) is 4.96. The molecular formula is C32H24N6NaO6S2+. The van der Waals surface area contributed by atoms with Crippen molar-refractivity contribution in [3.8, 4) is 11.1 Å². The maximum Gasteiger partial charge on any atom is 1.00 e. The molecule has 6 aromatic rings. The third kappa shape index (κ3) is 7.08. The molecule has 0 heterocycles. The maximum atomic E-state index is 12.0. The molecular weight excluding hydrogens is 652 g/mol. The molecule has 0 amide bonds. The molecule has 6 aromatic carbocycles. The van der Waals surface area contributed by atoms with Crippen molar-refractivity contribution < 1.29 is 55.5 Å². The van der Waals surface area contributed by atoms with Crippen molar-refractivity contribution in [3.05, 3.63) is 109 Å². The standard InChI is InChI=1S/C32H24N6O6S2.Na/c33-31-25-7-3-1-5-23(25)29(45(39,40)41)17-27(31)37-35-21-13-9-19(10-14-21)20-11-15-22(16-12-20)36-38-28-18-30(46(42,43)44)24-6-2-4-8-26(24)32(28)34;/h1-18H,33-34H2,(H,39,40,41)(H,42,43,44);/q;+1. The van der Waals surface area contributed by atoms with E-state index in [1.807, 2.05) is 24.3 Å². The van der Waals surface area contributed by atoms with E-state index in [4.69, 9.17) is 11.5 Å². The molecule has 0 fully saturated rings. The minimum absolute atomic E-state index is 0.